The summed E-state index contributed by atoms with van der Waals surface area (Å²) < 4.78 is 26.0. The second-order valence-corrected chi connectivity index (χ2v) is 3.59. The number of carboxylic acid groups (broad SMARTS) is 1. The molecule has 5 heteroatoms. The van der Waals surface area contributed by atoms with Crippen LogP contribution in [0.25, 0.3) is 0 Å². The Balaban J connectivity index is 3.01. The highest BCUT2D eigenvalue weighted by atomic mass is 32.1. The van der Waals surface area contributed by atoms with Crippen molar-refractivity contribution in [3.8, 4) is 0 Å². The first kappa shape index (κ1) is 11.7. The van der Waals surface area contributed by atoms with Crippen molar-refractivity contribution in [1.82, 2.24) is 0 Å². The highest BCUT2D eigenvalue weighted by Crippen LogP contribution is 2.15. The Morgan fingerprint density at radius 2 is 2.00 bits per heavy atom. The van der Waals surface area contributed by atoms with Gasteiger partial charge in [0, 0.05) is 12.5 Å². The van der Waals surface area contributed by atoms with E-state index >= 15 is 0 Å². The summed E-state index contributed by atoms with van der Waals surface area (Å²) in [5.41, 5.74) is 0.362. The minimum absolute atomic E-state index is 0.0984. The molecule has 2 nitrogen and oxygen atoms in total. The molecule has 0 amide bonds. The van der Waals surface area contributed by atoms with E-state index in [9.17, 15) is 13.6 Å². The van der Waals surface area contributed by atoms with Gasteiger partial charge in [-0.3, -0.25) is 0 Å². The lowest BCUT2D eigenvalue weighted by Crippen LogP contribution is -2.14. The van der Waals surface area contributed by atoms with Gasteiger partial charge in [-0.05, 0) is 24.1 Å². The normalized spacial score (nSPS) is 10.1. The maximum atomic E-state index is 13.2. The number of aliphatic carboxylic acids is 1. The average Bonchev–Trinajstić information content (AvgIpc) is 2.13. The van der Waals surface area contributed by atoms with Gasteiger partial charge in [-0.15, -0.1) is 0 Å². The van der Waals surface area contributed by atoms with Crippen LogP contribution in [-0.2, 0) is 11.2 Å². The molecular formula is C10H8F2O2S. The Morgan fingerprint density at radius 3 is 2.53 bits per heavy atom. The summed E-state index contributed by atoms with van der Waals surface area (Å²) in [4.78, 5) is 10.1. The van der Waals surface area contributed by atoms with Crippen LogP contribution in [0.3, 0.4) is 0 Å². The van der Waals surface area contributed by atoms with Gasteiger partial charge in [0.15, 0.2) is 0 Å². The monoisotopic (exact) mass is 230 g/mol. The Bertz CT molecular complexity index is 430. The number of hydrogen-bond acceptors (Lipinski definition) is 2. The third kappa shape index (κ3) is 2.79. The van der Waals surface area contributed by atoms with E-state index in [0.29, 0.717) is 0 Å². The van der Waals surface area contributed by atoms with Crippen molar-refractivity contribution in [2.24, 2.45) is 0 Å². The maximum Gasteiger partial charge on any atom is 0.342 e. The predicted molar refractivity (Wildman–Crippen MR) is 55.0 cm³/mol. The number of carboxylic acids is 1. The van der Waals surface area contributed by atoms with Gasteiger partial charge in [-0.25, -0.2) is 13.6 Å². The first-order valence-corrected chi connectivity index (χ1v) is 4.53. The molecule has 0 radical (unpaired) electrons. The maximum absolute atomic E-state index is 13.2. The summed E-state index contributed by atoms with van der Waals surface area (Å²) in [6.07, 6.45) is -0.197. The molecule has 1 N–H and O–H groups in total. The zero-order valence-electron chi connectivity index (χ0n) is 7.88. The molecule has 1 aromatic rings. The number of thiocarbonyl (C=S) groups is 1. The van der Waals surface area contributed by atoms with E-state index in [1.165, 1.54) is 13.0 Å². The van der Waals surface area contributed by atoms with E-state index in [4.69, 9.17) is 5.11 Å². The Kier molecular flexibility index (Phi) is 3.47. The van der Waals surface area contributed by atoms with Gasteiger partial charge in [0.05, 0.1) is 0 Å². The first-order chi connectivity index (χ1) is 6.91. The van der Waals surface area contributed by atoms with E-state index in [1.807, 2.05) is 0 Å². The first-order valence-electron chi connectivity index (χ1n) is 4.12. The minimum Gasteiger partial charge on any atom is -0.477 e. The molecule has 0 saturated heterocycles. The van der Waals surface area contributed by atoms with Crippen LogP contribution in [-0.4, -0.2) is 15.9 Å². The number of aryl methyl sites for hydroxylation is 1. The van der Waals surface area contributed by atoms with Crippen molar-refractivity contribution in [3.05, 3.63) is 34.9 Å². The van der Waals surface area contributed by atoms with Crippen LogP contribution in [0.15, 0.2) is 12.1 Å². The Morgan fingerprint density at radius 1 is 1.40 bits per heavy atom. The van der Waals surface area contributed by atoms with Gasteiger partial charge < -0.3 is 5.11 Å². The number of halogens is 2. The Labute approximate surface area is 90.5 Å². The van der Waals surface area contributed by atoms with Gasteiger partial charge in [0.25, 0.3) is 0 Å². The number of benzene rings is 1. The van der Waals surface area contributed by atoms with Crippen LogP contribution in [0.1, 0.15) is 11.1 Å². The van der Waals surface area contributed by atoms with Crippen molar-refractivity contribution in [2.45, 2.75) is 13.3 Å². The standard InChI is InChI=1S/C10H8F2O2S/c1-5-2-6(3-9(15)10(13)14)8(12)4-7(5)11/h2,4H,3H2,1H3,(H,13,14). The third-order valence-electron chi connectivity index (χ3n) is 1.92. The quantitative estimate of drug-likeness (QED) is 0.809. The fourth-order valence-corrected chi connectivity index (χ4v) is 1.26. The molecule has 0 aliphatic rings. The summed E-state index contributed by atoms with van der Waals surface area (Å²) >= 11 is 4.54. The number of rotatable bonds is 3. The molecule has 1 aromatic carbocycles. The third-order valence-corrected chi connectivity index (χ3v) is 2.24. The van der Waals surface area contributed by atoms with E-state index in [0.717, 1.165) is 6.07 Å². The molecule has 0 atom stereocenters. The van der Waals surface area contributed by atoms with Crippen molar-refractivity contribution >= 4 is 23.1 Å². The summed E-state index contributed by atoms with van der Waals surface area (Å²) in [5, 5.41) is 8.52. The fraction of sp³-hybridized carbons (Fsp3) is 0.200. The molecule has 0 heterocycles. The fourth-order valence-electron chi connectivity index (χ4n) is 1.10. The van der Waals surface area contributed by atoms with Crippen LogP contribution in [0.5, 0.6) is 0 Å². The van der Waals surface area contributed by atoms with Gasteiger partial charge >= 0.3 is 5.97 Å². The van der Waals surface area contributed by atoms with Gasteiger partial charge in [0.2, 0.25) is 0 Å². The van der Waals surface area contributed by atoms with Crippen LogP contribution >= 0.6 is 12.2 Å². The van der Waals surface area contributed by atoms with Gasteiger partial charge in [-0.2, -0.15) is 0 Å². The SMILES string of the molecule is Cc1cc(CC(=S)C(=O)O)c(F)cc1F. The second kappa shape index (κ2) is 4.44. The van der Waals surface area contributed by atoms with Crippen molar-refractivity contribution < 1.29 is 18.7 Å². The van der Waals surface area contributed by atoms with E-state index in [2.05, 4.69) is 12.2 Å². The minimum atomic E-state index is -1.26. The molecule has 0 saturated carbocycles. The number of hydrogen-bond donors (Lipinski definition) is 1. The molecule has 0 spiro atoms. The topological polar surface area (TPSA) is 37.3 Å². The predicted octanol–water partition coefficient (Wildman–Crippen LogP) is 2.27. The molecule has 1 rings (SSSR count). The van der Waals surface area contributed by atoms with Crippen LogP contribution in [0.4, 0.5) is 8.78 Å². The molecule has 0 unspecified atom stereocenters. The summed E-state index contributed by atoms with van der Waals surface area (Å²) in [7, 11) is 0. The van der Waals surface area contributed by atoms with Crippen LogP contribution in [0.2, 0.25) is 0 Å². The average molecular weight is 230 g/mol. The zero-order chi connectivity index (χ0) is 11.6. The van der Waals surface area contributed by atoms with Crippen molar-refractivity contribution in [2.75, 3.05) is 0 Å². The smallest absolute Gasteiger partial charge is 0.342 e. The largest absolute Gasteiger partial charge is 0.477 e. The highest BCUT2D eigenvalue weighted by molar-refractivity contribution is 7.82. The second-order valence-electron chi connectivity index (χ2n) is 3.10. The molecule has 0 aromatic heterocycles. The molecular weight excluding hydrogens is 222 g/mol. The van der Waals surface area contributed by atoms with E-state index < -0.39 is 17.6 Å². The lowest BCUT2D eigenvalue weighted by Gasteiger charge is -2.04. The Hall–Kier alpha value is -1.36. The van der Waals surface area contributed by atoms with Crippen molar-refractivity contribution in [1.29, 1.82) is 0 Å². The van der Waals surface area contributed by atoms with Gasteiger partial charge in [0.1, 0.15) is 16.5 Å². The number of carbonyl (C=O) groups is 1. The van der Waals surface area contributed by atoms with Crippen LogP contribution in [0, 0.1) is 18.6 Å². The lowest BCUT2D eigenvalue weighted by atomic mass is 10.1. The molecule has 0 fully saturated rings. The molecule has 80 valence electrons. The molecule has 15 heavy (non-hydrogen) atoms. The molecule has 0 bridgehead atoms. The van der Waals surface area contributed by atoms with Gasteiger partial charge in [-0.1, -0.05) is 12.2 Å². The summed E-state index contributed by atoms with van der Waals surface area (Å²) in [6, 6.07) is 2.00. The highest BCUT2D eigenvalue weighted by Gasteiger charge is 2.12. The molecule has 0 aliphatic carbocycles. The van der Waals surface area contributed by atoms with Crippen LogP contribution < -0.4 is 0 Å². The van der Waals surface area contributed by atoms with Crippen molar-refractivity contribution in [3.63, 3.8) is 0 Å². The lowest BCUT2D eigenvalue weighted by molar-refractivity contribution is -0.129. The zero-order valence-corrected chi connectivity index (χ0v) is 8.70. The molecule has 0 aliphatic heterocycles. The summed E-state index contributed by atoms with van der Waals surface area (Å²) in [5.74, 6) is -2.69. The summed E-state index contributed by atoms with van der Waals surface area (Å²) in [6.45, 7) is 1.47. The van der Waals surface area contributed by atoms with E-state index in [1.54, 1.807) is 0 Å². The van der Waals surface area contributed by atoms with E-state index in [-0.39, 0.29) is 22.4 Å².